The number of hydrogen-bond donors (Lipinski definition) is 1. The summed E-state index contributed by atoms with van der Waals surface area (Å²) in [4.78, 5) is 0. The molecular weight excluding hydrogens is 398 g/mol. The van der Waals surface area contributed by atoms with Crippen molar-refractivity contribution in [3.8, 4) is 11.5 Å². The van der Waals surface area contributed by atoms with E-state index >= 15 is 0 Å². The molecule has 1 unspecified atom stereocenters. The van der Waals surface area contributed by atoms with Gasteiger partial charge in [0.1, 0.15) is 16.0 Å². The summed E-state index contributed by atoms with van der Waals surface area (Å²) < 4.78 is 12.6. The Labute approximate surface area is 141 Å². The van der Waals surface area contributed by atoms with Crippen molar-refractivity contribution in [1.82, 2.24) is 0 Å². The summed E-state index contributed by atoms with van der Waals surface area (Å²) >= 11 is 6.94. The second-order valence-corrected chi connectivity index (χ2v) is 6.35. The summed E-state index contributed by atoms with van der Waals surface area (Å²) in [5.74, 6) is 1.45. The molecule has 2 N–H and O–H groups in total. The summed E-state index contributed by atoms with van der Waals surface area (Å²) in [6, 6.07) is 11.9. The molecule has 2 aromatic carbocycles. The average molecular weight is 415 g/mol. The fourth-order valence-electron chi connectivity index (χ4n) is 2.19. The third kappa shape index (κ3) is 3.78. The van der Waals surface area contributed by atoms with Crippen molar-refractivity contribution in [3.05, 3.63) is 56.5 Å². The van der Waals surface area contributed by atoms with Crippen LogP contribution in [0.15, 0.2) is 45.3 Å². The average Bonchev–Trinajstić information content (AvgIpc) is 2.49. The monoisotopic (exact) mass is 413 g/mol. The minimum absolute atomic E-state index is 0.150. The first-order chi connectivity index (χ1) is 10.1. The van der Waals surface area contributed by atoms with Gasteiger partial charge in [-0.3, -0.25) is 0 Å². The van der Waals surface area contributed by atoms with Crippen LogP contribution in [0.5, 0.6) is 11.5 Å². The summed E-state index contributed by atoms with van der Waals surface area (Å²) in [6.45, 7) is 0. The van der Waals surface area contributed by atoms with Gasteiger partial charge in [-0.25, -0.2) is 0 Å². The molecule has 0 aromatic heterocycles. The first kappa shape index (κ1) is 16.3. The Balaban J connectivity index is 2.28. The maximum Gasteiger partial charge on any atom is 0.141 e. The van der Waals surface area contributed by atoms with E-state index in [-0.39, 0.29) is 6.04 Å². The van der Waals surface area contributed by atoms with Crippen molar-refractivity contribution in [2.45, 2.75) is 12.5 Å². The van der Waals surface area contributed by atoms with Crippen LogP contribution in [0.4, 0.5) is 0 Å². The van der Waals surface area contributed by atoms with Gasteiger partial charge in [-0.1, -0.05) is 28.1 Å². The molecule has 3 nitrogen and oxygen atoms in total. The Hall–Kier alpha value is -1.04. The van der Waals surface area contributed by atoms with Crippen LogP contribution in [0, 0.1) is 0 Å². The van der Waals surface area contributed by atoms with Crippen molar-refractivity contribution in [2.24, 2.45) is 5.73 Å². The summed E-state index contributed by atoms with van der Waals surface area (Å²) in [5.41, 5.74) is 8.48. The van der Waals surface area contributed by atoms with E-state index in [9.17, 15) is 0 Å². The number of benzene rings is 2. The summed E-state index contributed by atoms with van der Waals surface area (Å²) in [5, 5.41) is 0. The van der Waals surface area contributed by atoms with Gasteiger partial charge < -0.3 is 15.2 Å². The SMILES string of the molecule is COc1ccc(C(N)Cc2ccc(Br)cc2)c(OC)c1Br. The van der Waals surface area contributed by atoms with Crippen LogP contribution in [0.3, 0.4) is 0 Å². The fraction of sp³-hybridized carbons (Fsp3) is 0.250. The molecule has 0 saturated heterocycles. The summed E-state index contributed by atoms with van der Waals surface area (Å²) in [6.07, 6.45) is 0.739. The Morgan fingerprint density at radius 1 is 1.00 bits per heavy atom. The van der Waals surface area contributed by atoms with E-state index in [1.807, 2.05) is 24.3 Å². The number of methoxy groups -OCH3 is 2. The van der Waals surface area contributed by atoms with Crippen LogP contribution in [0.2, 0.25) is 0 Å². The number of nitrogens with two attached hydrogens (primary N) is 1. The zero-order valence-electron chi connectivity index (χ0n) is 11.9. The van der Waals surface area contributed by atoms with E-state index in [0.717, 1.165) is 32.4 Å². The molecule has 112 valence electrons. The highest BCUT2D eigenvalue weighted by atomic mass is 79.9. The molecule has 0 fully saturated rings. The third-order valence-corrected chi connectivity index (χ3v) is 4.56. The van der Waals surface area contributed by atoms with E-state index < -0.39 is 0 Å². The standard InChI is InChI=1S/C16H17Br2NO2/c1-20-14-8-7-12(16(21-2)15(14)18)13(19)9-10-3-5-11(17)6-4-10/h3-8,13H,9,19H2,1-2H3. The van der Waals surface area contributed by atoms with Crippen LogP contribution in [-0.4, -0.2) is 14.2 Å². The van der Waals surface area contributed by atoms with Crippen LogP contribution < -0.4 is 15.2 Å². The van der Waals surface area contributed by atoms with Crippen molar-refractivity contribution >= 4 is 31.9 Å². The topological polar surface area (TPSA) is 44.5 Å². The van der Waals surface area contributed by atoms with Crippen molar-refractivity contribution in [3.63, 3.8) is 0 Å². The third-order valence-electron chi connectivity index (χ3n) is 3.28. The van der Waals surface area contributed by atoms with Crippen LogP contribution in [0.25, 0.3) is 0 Å². The van der Waals surface area contributed by atoms with Crippen LogP contribution >= 0.6 is 31.9 Å². The zero-order chi connectivity index (χ0) is 15.4. The normalized spacial score (nSPS) is 12.0. The molecule has 21 heavy (non-hydrogen) atoms. The minimum atomic E-state index is -0.150. The molecule has 0 heterocycles. The van der Waals surface area contributed by atoms with Gasteiger partial charge in [0.25, 0.3) is 0 Å². The molecule has 0 aliphatic rings. The Kier molecular flexibility index (Phi) is 5.67. The molecule has 0 bridgehead atoms. The molecule has 5 heteroatoms. The molecule has 0 amide bonds. The van der Waals surface area contributed by atoms with Gasteiger partial charge in [-0.2, -0.15) is 0 Å². The first-order valence-corrected chi connectivity index (χ1v) is 8.05. The van der Waals surface area contributed by atoms with Gasteiger partial charge in [0.15, 0.2) is 0 Å². The lowest BCUT2D eigenvalue weighted by molar-refractivity contribution is 0.383. The molecule has 0 spiro atoms. The van der Waals surface area contributed by atoms with Gasteiger partial charge >= 0.3 is 0 Å². The second kappa shape index (κ2) is 7.29. The first-order valence-electron chi connectivity index (χ1n) is 6.47. The Bertz CT molecular complexity index is 614. The number of ether oxygens (including phenoxy) is 2. The Morgan fingerprint density at radius 3 is 2.24 bits per heavy atom. The highest BCUT2D eigenvalue weighted by molar-refractivity contribution is 9.11. The zero-order valence-corrected chi connectivity index (χ0v) is 15.1. The second-order valence-electron chi connectivity index (χ2n) is 4.64. The lowest BCUT2D eigenvalue weighted by atomic mass is 9.99. The number of hydrogen-bond acceptors (Lipinski definition) is 3. The quantitative estimate of drug-likeness (QED) is 0.784. The summed E-state index contributed by atoms with van der Waals surface area (Å²) in [7, 11) is 3.26. The Morgan fingerprint density at radius 2 is 1.67 bits per heavy atom. The van der Waals surface area contributed by atoms with Gasteiger partial charge in [-0.15, -0.1) is 0 Å². The maximum absolute atomic E-state index is 6.35. The van der Waals surface area contributed by atoms with E-state index in [1.165, 1.54) is 5.56 Å². The predicted molar refractivity (Wildman–Crippen MR) is 92.0 cm³/mol. The highest BCUT2D eigenvalue weighted by Gasteiger charge is 2.18. The molecule has 0 aliphatic heterocycles. The van der Waals surface area contributed by atoms with Crippen molar-refractivity contribution in [1.29, 1.82) is 0 Å². The molecule has 2 aromatic rings. The van der Waals surface area contributed by atoms with E-state index in [0.29, 0.717) is 0 Å². The van der Waals surface area contributed by atoms with E-state index in [1.54, 1.807) is 14.2 Å². The lowest BCUT2D eigenvalue weighted by Gasteiger charge is -2.18. The molecular formula is C16H17Br2NO2. The number of rotatable bonds is 5. The number of halogens is 2. The maximum atomic E-state index is 6.35. The minimum Gasteiger partial charge on any atom is -0.495 e. The van der Waals surface area contributed by atoms with Crippen molar-refractivity contribution in [2.75, 3.05) is 14.2 Å². The van der Waals surface area contributed by atoms with E-state index in [2.05, 4.69) is 44.0 Å². The molecule has 0 aliphatic carbocycles. The van der Waals surface area contributed by atoms with Gasteiger partial charge in [0.2, 0.25) is 0 Å². The highest BCUT2D eigenvalue weighted by Crippen LogP contribution is 2.39. The molecule has 0 saturated carbocycles. The lowest BCUT2D eigenvalue weighted by Crippen LogP contribution is -2.15. The smallest absolute Gasteiger partial charge is 0.141 e. The van der Waals surface area contributed by atoms with E-state index in [4.69, 9.17) is 15.2 Å². The van der Waals surface area contributed by atoms with Gasteiger partial charge in [0.05, 0.1) is 14.2 Å². The van der Waals surface area contributed by atoms with Crippen LogP contribution in [-0.2, 0) is 6.42 Å². The predicted octanol–water partition coefficient (Wildman–Crippen LogP) is 4.47. The fourth-order valence-corrected chi connectivity index (χ4v) is 3.14. The van der Waals surface area contributed by atoms with Crippen LogP contribution in [0.1, 0.15) is 17.2 Å². The molecule has 0 radical (unpaired) electrons. The van der Waals surface area contributed by atoms with Crippen molar-refractivity contribution < 1.29 is 9.47 Å². The van der Waals surface area contributed by atoms with Gasteiger partial charge in [0, 0.05) is 16.1 Å². The molecule has 2 rings (SSSR count). The largest absolute Gasteiger partial charge is 0.495 e. The molecule has 1 atom stereocenters. The van der Waals surface area contributed by atoms with Gasteiger partial charge in [-0.05, 0) is 52.2 Å².